The molecular formula is C14H31N5O3. The topological polar surface area (TPSA) is 117 Å². The number of fused-ring (bicyclic) bond motifs is 1. The minimum absolute atomic E-state index is 0.0417. The van der Waals surface area contributed by atoms with Crippen LogP contribution in [0.3, 0.4) is 0 Å². The molecule has 0 radical (unpaired) electrons. The van der Waals surface area contributed by atoms with Gasteiger partial charge in [-0.25, -0.2) is 9.97 Å². The van der Waals surface area contributed by atoms with Gasteiger partial charge in [0.15, 0.2) is 11.6 Å². The molecule has 1 aromatic rings. The summed E-state index contributed by atoms with van der Waals surface area (Å²) >= 11 is 0. The van der Waals surface area contributed by atoms with Crippen LogP contribution in [0.4, 0.5) is 17.3 Å². The lowest BCUT2D eigenvalue weighted by Gasteiger charge is -2.06. The lowest BCUT2D eigenvalue weighted by Crippen LogP contribution is -2.16. The Balaban J connectivity index is 0. The van der Waals surface area contributed by atoms with E-state index in [4.69, 9.17) is 20.7 Å². The second-order valence-corrected chi connectivity index (χ2v) is 3.94. The Bertz CT molecular complexity index is 370. The van der Waals surface area contributed by atoms with E-state index in [1.165, 1.54) is 6.33 Å². The Kier molecular flexibility index (Phi) is 14.7. The summed E-state index contributed by atoms with van der Waals surface area (Å²) in [6.07, 6.45) is 2.39. The van der Waals surface area contributed by atoms with Gasteiger partial charge >= 0.3 is 0 Å². The Labute approximate surface area is 133 Å². The second kappa shape index (κ2) is 14.3. The molecule has 0 saturated carbocycles. The van der Waals surface area contributed by atoms with Crippen LogP contribution in [0.15, 0.2) is 6.33 Å². The van der Waals surface area contributed by atoms with Crippen LogP contribution in [0.5, 0.6) is 0 Å². The first-order valence-electron chi connectivity index (χ1n) is 7.27. The summed E-state index contributed by atoms with van der Waals surface area (Å²) in [7, 11) is 4.55. The number of anilines is 3. The van der Waals surface area contributed by atoms with E-state index in [0.717, 1.165) is 31.7 Å². The van der Waals surface area contributed by atoms with Crippen LogP contribution in [-0.2, 0) is 4.74 Å². The fourth-order valence-electron chi connectivity index (χ4n) is 1.49. The zero-order valence-electron chi connectivity index (χ0n) is 14.5. The van der Waals surface area contributed by atoms with Gasteiger partial charge in [-0.15, -0.1) is 0 Å². The highest BCUT2D eigenvalue weighted by Gasteiger charge is 2.18. The molecule has 8 heteroatoms. The van der Waals surface area contributed by atoms with E-state index in [0.29, 0.717) is 5.82 Å². The number of rotatable bonds is 3. The van der Waals surface area contributed by atoms with Gasteiger partial charge in [0.2, 0.25) is 0 Å². The van der Waals surface area contributed by atoms with Gasteiger partial charge in [0.25, 0.3) is 0 Å². The molecule has 0 aliphatic carbocycles. The zero-order valence-corrected chi connectivity index (χ0v) is 14.5. The number of aliphatic hydroxyl groups is 2. The maximum atomic E-state index is 8.40. The summed E-state index contributed by atoms with van der Waals surface area (Å²) < 4.78 is 4.80. The predicted molar refractivity (Wildman–Crippen MR) is 91.0 cm³/mol. The first-order chi connectivity index (χ1) is 10.6. The van der Waals surface area contributed by atoms with Crippen molar-refractivity contribution in [3.63, 3.8) is 0 Å². The van der Waals surface area contributed by atoms with Gasteiger partial charge in [-0.3, -0.25) is 0 Å². The predicted octanol–water partition coefficient (Wildman–Crippen LogP) is 0.916. The van der Waals surface area contributed by atoms with E-state index in [1.807, 2.05) is 32.7 Å². The number of nitrogens with one attached hydrogen (secondary N) is 1. The molecule has 0 aromatic carbocycles. The van der Waals surface area contributed by atoms with Crippen LogP contribution < -0.4 is 16.0 Å². The van der Waals surface area contributed by atoms with E-state index >= 15 is 0 Å². The summed E-state index contributed by atoms with van der Waals surface area (Å²) in [6.45, 7) is 6.86. The smallest absolute Gasteiger partial charge is 0.158 e. The molecule has 1 atom stereocenters. The monoisotopic (exact) mass is 317 g/mol. The summed E-state index contributed by atoms with van der Waals surface area (Å²) in [5.41, 5.74) is 6.44. The standard InChI is InChI=1S/C6H9N5.C5H12O2.C2H6.CH4O/c1-11-3-10-4-5(7)8-2-9-6(4)11;1-3-5(4-6)7-2;2*1-2/h2,10H,3H2,1H3,(H2,7,8,9);5-6H,3-4H2,1-2H3;1-2H3;2H,1H3. The number of nitrogens with zero attached hydrogens (tertiary/aromatic N) is 3. The van der Waals surface area contributed by atoms with Gasteiger partial charge in [0, 0.05) is 21.3 Å². The number of hydrogen-bond acceptors (Lipinski definition) is 8. The molecule has 1 aliphatic rings. The number of aromatic nitrogens is 2. The highest BCUT2D eigenvalue weighted by Crippen LogP contribution is 2.30. The van der Waals surface area contributed by atoms with Crippen molar-refractivity contribution in [2.75, 3.05) is 50.5 Å². The molecule has 0 amide bonds. The maximum absolute atomic E-state index is 8.40. The number of nitrogens with two attached hydrogens (primary N) is 1. The van der Waals surface area contributed by atoms with E-state index < -0.39 is 0 Å². The van der Waals surface area contributed by atoms with Gasteiger partial charge < -0.3 is 30.9 Å². The molecule has 2 heterocycles. The van der Waals surface area contributed by atoms with Crippen LogP contribution in [0.1, 0.15) is 27.2 Å². The molecule has 130 valence electrons. The average Bonchev–Trinajstić information content (AvgIpc) is 2.96. The Morgan fingerprint density at radius 1 is 1.41 bits per heavy atom. The fourth-order valence-corrected chi connectivity index (χ4v) is 1.49. The van der Waals surface area contributed by atoms with Crippen molar-refractivity contribution < 1.29 is 14.9 Å². The van der Waals surface area contributed by atoms with E-state index in [2.05, 4.69) is 15.3 Å². The maximum Gasteiger partial charge on any atom is 0.158 e. The Morgan fingerprint density at radius 2 is 2.00 bits per heavy atom. The van der Waals surface area contributed by atoms with Crippen molar-refractivity contribution in [2.45, 2.75) is 33.3 Å². The zero-order chi connectivity index (χ0) is 17.5. The third-order valence-corrected chi connectivity index (χ3v) is 2.70. The minimum atomic E-state index is 0.0417. The fraction of sp³-hybridized carbons (Fsp3) is 0.714. The number of methoxy groups -OCH3 is 1. The number of hydrogen-bond donors (Lipinski definition) is 4. The molecule has 0 spiro atoms. The SMILES string of the molecule is CC.CCC(CO)OC.CN1CNc2c(N)ncnc21.CO. The van der Waals surface area contributed by atoms with Crippen LogP contribution in [-0.4, -0.2) is 60.8 Å². The van der Waals surface area contributed by atoms with E-state index in [-0.39, 0.29) is 12.7 Å². The van der Waals surface area contributed by atoms with Crippen LogP contribution >= 0.6 is 0 Å². The van der Waals surface area contributed by atoms with Gasteiger partial charge in [-0.05, 0) is 6.42 Å². The molecule has 8 nitrogen and oxygen atoms in total. The Hall–Kier alpha value is -1.64. The molecule has 5 N–H and O–H groups in total. The van der Waals surface area contributed by atoms with E-state index in [1.54, 1.807) is 7.11 Å². The van der Waals surface area contributed by atoms with Crippen LogP contribution in [0.2, 0.25) is 0 Å². The largest absolute Gasteiger partial charge is 0.400 e. The van der Waals surface area contributed by atoms with Gasteiger partial charge in [-0.2, -0.15) is 0 Å². The quantitative estimate of drug-likeness (QED) is 0.650. The molecular weight excluding hydrogens is 286 g/mol. The summed E-state index contributed by atoms with van der Waals surface area (Å²) in [5.74, 6) is 1.39. The van der Waals surface area contributed by atoms with Crippen LogP contribution in [0, 0.1) is 0 Å². The molecule has 2 rings (SSSR count). The van der Waals surface area contributed by atoms with Crippen molar-refractivity contribution in [3.8, 4) is 0 Å². The van der Waals surface area contributed by atoms with Gasteiger partial charge in [0.05, 0.1) is 19.4 Å². The number of aliphatic hydroxyl groups excluding tert-OH is 2. The molecule has 1 aromatic heterocycles. The van der Waals surface area contributed by atoms with Crippen molar-refractivity contribution in [2.24, 2.45) is 0 Å². The van der Waals surface area contributed by atoms with Crippen molar-refractivity contribution in [1.82, 2.24) is 9.97 Å². The summed E-state index contributed by atoms with van der Waals surface area (Å²) in [5, 5.41) is 18.5. The third-order valence-electron chi connectivity index (χ3n) is 2.70. The van der Waals surface area contributed by atoms with E-state index in [9.17, 15) is 0 Å². The van der Waals surface area contributed by atoms with Crippen LogP contribution in [0.25, 0.3) is 0 Å². The first kappa shape index (κ1) is 22.6. The molecule has 0 fully saturated rings. The molecule has 0 saturated heterocycles. The molecule has 1 aliphatic heterocycles. The molecule has 22 heavy (non-hydrogen) atoms. The van der Waals surface area contributed by atoms with Crippen molar-refractivity contribution in [3.05, 3.63) is 6.33 Å². The summed E-state index contributed by atoms with van der Waals surface area (Å²) in [6, 6.07) is 0. The second-order valence-electron chi connectivity index (χ2n) is 3.94. The third kappa shape index (κ3) is 7.39. The number of ether oxygens (including phenoxy) is 1. The van der Waals surface area contributed by atoms with Crippen molar-refractivity contribution >= 4 is 17.3 Å². The van der Waals surface area contributed by atoms with Crippen molar-refractivity contribution in [1.29, 1.82) is 0 Å². The number of nitrogen functional groups attached to an aromatic ring is 1. The first-order valence-corrected chi connectivity index (χ1v) is 7.27. The minimum Gasteiger partial charge on any atom is -0.400 e. The lowest BCUT2D eigenvalue weighted by atomic mass is 10.3. The highest BCUT2D eigenvalue weighted by atomic mass is 16.5. The molecule has 0 bridgehead atoms. The normalized spacial score (nSPS) is 12.3. The van der Waals surface area contributed by atoms with Gasteiger partial charge in [-0.1, -0.05) is 20.8 Å². The summed E-state index contributed by atoms with van der Waals surface area (Å²) in [4.78, 5) is 9.92. The highest BCUT2D eigenvalue weighted by molar-refractivity contribution is 5.79. The lowest BCUT2D eigenvalue weighted by molar-refractivity contribution is 0.0467. The average molecular weight is 317 g/mol. The molecule has 1 unspecified atom stereocenters. The van der Waals surface area contributed by atoms with Gasteiger partial charge in [0.1, 0.15) is 12.0 Å². The Morgan fingerprint density at radius 3 is 2.36 bits per heavy atom.